The summed E-state index contributed by atoms with van der Waals surface area (Å²) in [6.07, 6.45) is 1.96. The number of thioether (sulfide) groups is 1. The molecule has 0 radical (unpaired) electrons. The Balaban J connectivity index is 1.70. The van der Waals surface area contributed by atoms with E-state index in [1.807, 2.05) is 25.1 Å². The molecule has 1 aliphatic rings. The third-order valence-electron chi connectivity index (χ3n) is 4.47. The first-order valence-corrected chi connectivity index (χ1v) is 9.78. The van der Waals surface area contributed by atoms with Crippen molar-refractivity contribution in [3.8, 4) is 0 Å². The molecular formula is C20H17ClN2O2S. The van der Waals surface area contributed by atoms with Gasteiger partial charge < -0.3 is 0 Å². The first kappa shape index (κ1) is 17.3. The lowest BCUT2D eigenvalue weighted by molar-refractivity contribution is 0.0994. The van der Waals surface area contributed by atoms with Crippen molar-refractivity contribution in [1.82, 2.24) is 9.55 Å². The van der Waals surface area contributed by atoms with E-state index in [1.54, 1.807) is 34.9 Å². The zero-order chi connectivity index (χ0) is 18.3. The normalized spacial score (nSPS) is 15.2. The van der Waals surface area contributed by atoms with E-state index < -0.39 is 0 Å². The molecule has 0 aliphatic heterocycles. The van der Waals surface area contributed by atoms with E-state index in [1.165, 1.54) is 11.8 Å². The van der Waals surface area contributed by atoms with Gasteiger partial charge >= 0.3 is 0 Å². The number of fused-ring (bicyclic) bond motifs is 1. The molecule has 1 fully saturated rings. The molecule has 4 nitrogen and oxygen atoms in total. The first-order chi connectivity index (χ1) is 12.5. The zero-order valence-corrected chi connectivity index (χ0v) is 15.8. The number of benzene rings is 2. The molecule has 1 aromatic heterocycles. The summed E-state index contributed by atoms with van der Waals surface area (Å²) in [5.74, 6) is -0.00331. The van der Waals surface area contributed by atoms with Crippen LogP contribution in [0, 0.1) is 0 Å². The van der Waals surface area contributed by atoms with Gasteiger partial charge in [-0.3, -0.25) is 14.2 Å². The highest BCUT2D eigenvalue weighted by Gasteiger charge is 2.30. The molecule has 1 aliphatic carbocycles. The third-order valence-corrected chi connectivity index (χ3v) is 5.79. The Bertz CT molecular complexity index is 1040. The molecule has 0 spiro atoms. The minimum atomic E-state index is -0.353. The Labute approximate surface area is 160 Å². The van der Waals surface area contributed by atoms with E-state index >= 15 is 0 Å². The number of carbonyl (C=O) groups is 1. The summed E-state index contributed by atoms with van der Waals surface area (Å²) >= 11 is 7.24. The van der Waals surface area contributed by atoms with Crippen LogP contribution < -0.4 is 5.56 Å². The van der Waals surface area contributed by atoms with Gasteiger partial charge in [-0.25, -0.2) is 4.98 Å². The first-order valence-electron chi connectivity index (χ1n) is 8.52. The lowest BCUT2D eigenvalue weighted by Gasteiger charge is -2.15. The van der Waals surface area contributed by atoms with E-state index in [-0.39, 0.29) is 22.6 Å². The summed E-state index contributed by atoms with van der Waals surface area (Å²) in [5.41, 5.74) is 1.25. The number of hydrogen-bond donors (Lipinski definition) is 0. The van der Waals surface area contributed by atoms with Crippen LogP contribution in [0.3, 0.4) is 0 Å². The van der Waals surface area contributed by atoms with Crippen LogP contribution in [0.4, 0.5) is 0 Å². The van der Waals surface area contributed by atoms with Crippen molar-refractivity contribution in [2.24, 2.45) is 0 Å². The molecule has 0 unspecified atom stereocenters. The predicted molar refractivity (Wildman–Crippen MR) is 105 cm³/mol. The molecule has 0 amide bonds. The van der Waals surface area contributed by atoms with Crippen LogP contribution in [0.5, 0.6) is 0 Å². The Morgan fingerprint density at radius 3 is 2.58 bits per heavy atom. The number of ketones is 1. The van der Waals surface area contributed by atoms with Crippen LogP contribution in [0.15, 0.2) is 58.5 Å². The summed E-state index contributed by atoms with van der Waals surface area (Å²) < 4.78 is 1.76. The second kappa shape index (κ2) is 6.89. The Hall–Kier alpha value is -2.11. The van der Waals surface area contributed by atoms with Gasteiger partial charge in [0, 0.05) is 16.6 Å². The second-order valence-corrected chi connectivity index (χ2v) is 8.19. The van der Waals surface area contributed by atoms with Gasteiger partial charge in [0.1, 0.15) is 0 Å². The van der Waals surface area contributed by atoms with Crippen LogP contribution >= 0.6 is 23.4 Å². The molecule has 132 valence electrons. The van der Waals surface area contributed by atoms with E-state index in [0.717, 1.165) is 12.8 Å². The fraction of sp³-hybridized carbons (Fsp3) is 0.250. The molecule has 3 aromatic rings. The van der Waals surface area contributed by atoms with Crippen LogP contribution in [-0.4, -0.2) is 20.6 Å². The molecule has 4 rings (SSSR count). The lowest BCUT2D eigenvalue weighted by atomic mass is 10.1. The number of rotatable bonds is 5. The molecule has 1 heterocycles. The highest BCUT2D eigenvalue weighted by molar-refractivity contribution is 8.00. The van der Waals surface area contributed by atoms with E-state index in [9.17, 15) is 9.59 Å². The Kier molecular flexibility index (Phi) is 4.59. The molecule has 6 heteroatoms. The van der Waals surface area contributed by atoms with Crippen molar-refractivity contribution in [3.05, 3.63) is 69.5 Å². The Morgan fingerprint density at radius 1 is 1.19 bits per heavy atom. The third kappa shape index (κ3) is 3.29. The molecule has 26 heavy (non-hydrogen) atoms. The SMILES string of the molecule is C[C@H](Sc1nc2ccccc2c(=O)n1C1CC1)C(=O)c1ccc(Cl)cc1. The number of hydrogen-bond acceptors (Lipinski definition) is 4. The molecule has 2 aromatic carbocycles. The average molecular weight is 385 g/mol. The van der Waals surface area contributed by atoms with E-state index in [4.69, 9.17) is 11.6 Å². The highest BCUT2D eigenvalue weighted by Crippen LogP contribution is 2.38. The van der Waals surface area contributed by atoms with Crippen molar-refractivity contribution < 1.29 is 4.79 Å². The monoisotopic (exact) mass is 384 g/mol. The van der Waals surface area contributed by atoms with Gasteiger partial charge in [0.2, 0.25) is 0 Å². The van der Waals surface area contributed by atoms with Crippen molar-refractivity contribution in [2.75, 3.05) is 0 Å². The van der Waals surface area contributed by atoms with Crippen LogP contribution in [0.1, 0.15) is 36.2 Å². The minimum Gasteiger partial charge on any atom is -0.293 e. The topological polar surface area (TPSA) is 52.0 Å². The van der Waals surface area contributed by atoms with Crippen LogP contribution in [-0.2, 0) is 0 Å². The van der Waals surface area contributed by atoms with E-state index in [2.05, 4.69) is 4.98 Å². The minimum absolute atomic E-state index is 0.00331. The van der Waals surface area contributed by atoms with Gasteiger partial charge in [-0.1, -0.05) is 35.5 Å². The molecular weight excluding hydrogens is 368 g/mol. The number of carbonyl (C=O) groups excluding carboxylic acids is 1. The lowest BCUT2D eigenvalue weighted by Crippen LogP contribution is -2.24. The number of Topliss-reactive ketones (excluding diaryl/α,β-unsaturated/α-hetero) is 1. The number of halogens is 1. The van der Waals surface area contributed by atoms with Gasteiger partial charge in [-0.15, -0.1) is 0 Å². The predicted octanol–water partition coefficient (Wildman–Crippen LogP) is 4.75. The van der Waals surface area contributed by atoms with Crippen molar-refractivity contribution in [2.45, 2.75) is 36.2 Å². The Morgan fingerprint density at radius 2 is 1.88 bits per heavy atom. The fourth-order valence-corrected chi connectivity index (χ4v) is 4.11. The summed E-state index contributed by atoms with van der Waals surface area (Å²) in [6, 6.07) is 14.4. The van der Waals surface area contributed by atoms with Crippen LogP contribution in [0.25, 0.3) is 10.9 Å². The number of aromatic nitrogens is 2. The van der Waals surface area contributed by atoms with Gasteiger partial charge in [-0.2, -0.15) is 0 Å². The van der Waals surface area contributed by atoms with E-state index in [0.29, 0.717) is 26.6 Å². The maximum absolute atomic E-state index is 12.9. The maximum Gasteiger partial charge on any atom is 0.262 e. The average Bonchev–Trinajstić information content (AvgIpc) is 3.47. The van der Waals surface area contributed by atoms with Crippen molar-refractivity contribution in [1.29, 1.82) is 0 Å². The molecule has 1 saturated carbocycles. The van der Waals surface area contributed by atoms with Crippen molar-refractivity contribution >= 4 is 40.0 Å². The molecule has 0 saturated heterocycles. The standard InChI is InChI=1S/C20H17ClN2O2S/c1-12(18(24)13-6-8-14(21)9-7-13)26-20-22-17-5-3-2-4-16(17)19(25)23(20)15-10-11-15/h2-9,12,15H,10-11H2,1H3/t12-/m0/s1. The van der Waals surface area contributed by atoms with Crippen molar-refractivity contribution in [3.63, 3.8) is 0 Å². The summed E-state index contributed by atoms with van der Waals surface area (Å²) in [6.45, 7) is 1.85. The van der Waals surface area contributed by atoms with Gasteiger partial charge in [-0.05, 0) is 56.2 Å². The summed E-state index contributed by atoms with van der Waals surface area (Å²) in [4.78, 5) is 30.3. The molecule has 1 atom stereocenters. The fourth-order valence-electron chi connectivity index (χ4n) is 2.92. The quantitative estimate of drug-likeness (QED) is 0.362. The van der Waals surface area contributed by atoms with Gasteiger partial charge in [0.25, 0.3) is 5.56 Å². The highest BCUT2D eigenvalue weighted by atomic mass is 35.5. The zero-order valence-electron chi connectivity index (χ0n) is 14.2. The number of para-hydroxylation sites is 1. The van der Waals surface area contributed by atoms with Gasteiger partial charge in [0.15, 0.2) is 10.9 Å². The largest absolute Gasteiger partial charge is 0.293 e. The summed E-state index contributed by atoms with van der Waals surface area (Å²) in [5, 5.41) is 1.49. The molecule has 0 N–H and O–H groups in total. The molecule has 0 bridgehead atoms. The van der Waals surface area contributed by atoms with Gasteiger partial charge in [0.05, 0.1) is 16.2 Å². The van der Waals surface area contributed by atoms with Crippen LogP contribution in [0.2, 0.25) is 5.02 Å². The smallest absolute Gasteiger partial charge is 0.262 e. The second-order valence-electron chi connectivity index (χ2n) is 6.45. The maximum atomic E-state index is 12.9. The number of nitrogens with zero attached hydrogens (tertiary/aromatic N) is 2. The summed E-state index contributed by atoms with van der Waals surface area (Å²) in [7, 11) is 0.